The largest absolute Gasteiger partial charge is 0.554 e. The number of hydrogen-bond acceptors (Lipinski definition) is 6. The summed E-state index contributed by atoms with van der Waals surface area (Å²) in [5, 5.41) is 18.5. The first-order valence-electron chi connectivity index (χ1n) is 6.56. The summed E-state index contributed by atoms with van der Waals surface area (Å²) in [6.45, 7) is 5.82. The molecule has 142 valence electrons. The maximum atomic E-state index is 9.25. The molecule has 0 spiro atoms. The molecule has 0 fully saturated rings. The molecule has 8 heteroatoms. The molecule has 0 aromatic rings. The molecular formula is C16H36O6Rf2-2. The normalized spacial score (nSPS) is 14.8. The van der Waals surface area contributed by atoms with Crippen LogP contribution in [0.25, 0.3) is 0 Å². The van der Waals surface area contributed by atoms with Gasteiger partial charge in [-0.1, -0.05) is 28.7 Å². The summed E-state index contributed by atoms with van der Waals surface area (Å²) in [6.07, 6.45) is 0. The molecule has 2 atom stereocenters. The fourth-order valence-electron chi connectivity index (χ4n) is 1.51. The van der Waals surface area contributed by atoms with E-state index >= 15 is 0 Å². The Labute approximate surface area is 136 Å². The quantitative estimate of drug-likeness (QED) is 0.218. The van der Waals surface area contributed by atoms with Gasteiger partial charge in [0, 0.05) is 24.0 Å². The number of rotatable bonds is 13. The van der Waals surface area contributed by atoms with Crippen LogP contribution in [-0.2, 0) is 18.9 Å². The summed E-state index contributed by atoms with van der Waals surface area (Å²) in [5.74, 6) is 0. The molecular weight excluding hydrogens is 822 g/mol. The Morgan fingerprint density at radius 3 is 1.21 bits per heavy atom. The number of ether oxygens (including phenoxy) is 4. The first kappa shape index (κ1) is 33.4. The van der Waals surface area contributed by atoms with E-state index in [-0.39, 0.29) is 28.1 Å². The Hall–Kier alpha value is -2.24. The summed E-state index contributed by atoms with van der Waals surface area (Å²) < 4.78 is 20.5. The van der Waals surface area contributed by atoms with Crippen molar-refractivity contribution in [2.75, 3.05) is 52.9 Å². The van der Waals surface area contributed by atoms with Crippen LogP contribution in [-0.4, -0.2) is 63.1 Å². The van der Waals surface area contributed by atoms with Gasteiger partial charge >= 0.3 is 0 Å². The third-order valence-corrected chi connectivity index (χ3v) is 2.94. The first-order chi connectivity index (χ1) is 9.45. The molecule has 2 N–H and O–H groups in total. The summed E-state index contributed by atoms with van der Waals surface area (Å²) in [7, 11) is 6.60. The van der Waals surface area contributed by atoms with Gasteiger partial charge in [-0.3, -0.25) is 0 Å². The van der Waals surface area contributed by atoms with Crippen molar-refractivity contribution in [2.24, 2.45) is 10.8 Å². The minimum atomic E-state index is -0.455. The molecule has 24 heavy (non-hydrogen) atoms. The zero-order valence-corrected chi connectivity index (χ0v) is 26.8. The van der Waals surface area contributed by atoms with Crippen LogP contribution >= 0.6 is 0 Å². The maximum absolute atomic E-state index is 9.25. The van der Waals surface area contributed by atoms with Crippen molar-refractivity contribution < 1.29 is 29.2 Å². The van der Waals surface area contributed by atoms with E-state index in [2.05, 4.69) is 14.2 Å². The summed E-state index contributed by atoms with van der Waals surface area (Å²) in [6, 6.07) is 0. The zero-order valence-electron chi connectivity index (χ0n) is 14.0. The summed E-state index contributed by atoms with van der Waals surface area (Å²) in [5.41, 5.74) is -0.911. The predicted molar refractivity (Wildman–Crippen MR) is 88.1 cm³/mol. The second-order valence-electron chi connectivity index (χ2n) is 5.74. The predicted octanol–water partition coefficient (Wildman–Crippen LogP) is 1.91. The molecule has 0 aliphatic rings. The number of aliphatic hydroxyl groups excluding tert-OH is 2. The SMILES string of the molecule is C.C.[CH2-]OCC(C)(CO)COCCOCC(C)(CO)CO[CH2-].[Rf].[Rf]. The summed E-state index contributed by atoms with van der Waals surface area (Å²) >= 11 is 0. The van der Waals surface area contributed by atoms with E-state index < -0.39 is 10.8 Å². The van der Waals surface area contributed by atoms with Crippen LogP contribution in [0.5, 0.6) is 0 Å². The molecule has 0 radical (unpaired) electrons. The third kappa shape index (κ3) is 13.4. The molecule has 0 rings (SSSR count). The number of hydrogen-bond donors (Lipinski definition) is 2. The fourth-order valence-corrected chi connectivity index (χ4v) is 1.51. The van der Waals surface area contributed by atoms with Gasteiger partial charge < -0.3 is 29.2 Å². The van der Waals surface area contributed by atoms with Gasteiger partial charge in [-0.2, -0.15) is 0 Å². The van der Waals surface area contributed by atoms with Gasteiger partial charge in [0.2, 0.25) is 0 Å². The Morgan fingerprint density at radius 1 is 0.708 bits per heavy atom. The van der Waals surface area contributed by atoms with Gasteiger partial charge in [0.15, 0.2) is 0 Å². The van der Waals surface area contributed by atoms with Gasteiger partial charge in [-0.15, -0.1) is 0 Å². The molecule has 0 heterocycles. The van der Waals surface area contributed by atoms with Crippen LogP contribution in [0.15, 0.2) is 0 Å². The first-order valence-corrected chi connectivity index (χ1v) is 6.56. The zero-order chi connectivity index (χ0) is 15.5. The van der Waals surface area contributed by atoms with E-state index in [1.54, 1.807) is 0 Å². The Morgan fingerprint density at radius 2 is 1.00 bits per heavy atom. The van der Waals surface area contributed by atoms with E-state index in [1.165, 1.54) is 0 Å². The van der Waals surface area contributed by atoms with E-state index in [0.717, 1.165) is 0 Å². The van der Waals surface area contributed by atoms with Crippen LogP contribution in [0.2, 0.25) is 0 Å². The molecule has 0 saturated carbocycles. The van der Waals surface area contributed by atoms with Crippen molar-refractivity contribution in [1.82, 2.24) is 0 Å². The van der Waals surface area contributed by atoms with E-state index in [4.69, 9.17) is 18.9 Å². The van der Waals surface area contributed by atoms with Gasteiger partial charge in [-0.05, 0) is 0 Å². The van der Waals surface area contributed by atoms with Crippen molar-refractivity contribution in [3.8, 4) is 0 Å². The van der Waals surface area contributed by atoms with Crippen LogP contribution in [0.1, 0.15) is 28.7 Å². The second-order valence-corrected chi connectivity index (χ2v) is 5.74. The Kier molecular flexibility index (Phi) is 23.8. The standard InChI is InChI=1S/C14H28O6.2CH4.2Rf/c1-13(7-15,9-17-3)11-19-5-6-20-12-14(2,8-16)10-18-4;;;;/h15-16H,3-12H2,1-2H3;2*1H4;;/q-2;;;;. The third-order valence-electron chi connectivity index (χ3n) is 2.94. The van der Waals surface area contributed by atoms with E-state index in [1.807, 2.05) is 13.8 Å². The number of aliphatic hydroxyl groups is 2. The molecule has 0 amide bonds. The smallest absolute Gasteiger partial charge is 0.0700 e. The molecule has 0 aliphatic heterocycles. The Balaban J connectivity index is -0.000000301. The van der Waals surface area contributed by atoms with Crippen molar-refractivity contribution in [1.29, 1.82) is 0 Å². The maximum Gasteiger partial charge on any atom is 0.0700 e. The van der Waals surface area contributed by atoms with Gasteiger partial charge in [0.1, 0.15) is 0 Å². The molecule has 0 aromatic carbocycles. The van der Waals surface area contributed by atoms with Gasteiger partial charge in [0.25, 0.3) is 0 Å². The fraction of sp³-hybridized carbons (Fsp3) is 0.875. The summed E-state index contributed by atoms with van der Waals surface area (Å²) in [4.78, 5) is 0. The average molecular weight is 858 g/mol. The topological polar surface area (TPSA) is 77.4 Å². The van der Waals surface area contributed by atoms with Crippen molar-refractivity contribution in [3.05, 3.63) is 14.2 Å². The van der Waals surface area contributed by atoms with Crippen LogP contribution < -0.4 is 0 Å². The van der Waals surface area contributed by atoms with E-state index in [9.17, 15) is 10.2 Å². The van der Waals surface area contributed by atoms with Crippen LogP contribution in [0.3, 0.4) is 0 Å². The van der Waals surface area contributed by atoms with Crippen LogP contribution in [0, 0.1) is 25.0 Å². The monoisotopic (exact) mass is 858 g/mol. The molecule has 0 aromatic heterocycles. The second kappa shape index (κ2) is 17.1. The van der Waals surface area contributed by atoms with Gasteiger partial charge in [-0.25, -0.2) is 14.2 Å². The molecule has 2 unspecified atom stereocenters. The minimum absolute atomic E-state index is 0. The molecule has 0 bridgehead atoms. The van der Waals surface area contributed by atoms with Crippen molar-refractivity contribution >= 4 is 0 Å². The van der Waals surface area contributed by atoms with Crippen molar-refractivity contribution in [3.63, 3.8) is 0 Å². The molecule has 0 aliphatic carbocycles. The van der Waals surface area contributed by atoms with Crippen LogP contribution in [0.4, 0.5) is 0 Å². The van der Waals surface area contributed by atoms with Gasteiger partial charge in [0.05, 0.1) is 39.6 Å². The Bertz CT molecular complexity index is 225. The minimum Gasteiger partial charge on any atom is -0.554 e. The van der Waals surface area contributed by atoms with Crippen molar-refractivity contribution in [2.45, 2.75) is 28.7 Å². The average Bonchev–Trinajstić information content (AvgIpc) is 2.43. The molecule has 6 nitrogen and oxygen atoms in total. The van der Waals surface area contributed by atoms with E-state index in [0.29, 0.717) is 39.6 Å². The molecule has 0 saturated heterocycles.